The molecule has 198 valence electrons. The van der Waals surface area contributed by atoms with E-state index < -0.39 is 11.9 Å². The van der Waals surface area contributed by atoms with E-state index in [0.29, 0.717) is 0 Å². The smallest absolute Gasteiger partial charge is 0.335 e. The molecule has 40 heavy (non-hydrogen) atoms. The summed E-state index contributed by atoms with van der Waals surface area (Å²) in [6.07, 6.45) is 0. The third-order valence-corrected chi connectivity index (χ3v) is 6.83. The van der Waals surface area contributed by atoms with Gasteiger partial charge in [-0.1, -0.05) is 24.3 Å². The number of aromatic nitrogens is 2. The number of rotatable bonds is 6. The summed E-state index contributed by atoms with van der Waals surface area (Å²) in [6.45, 7) is 7.83. The van der Waals surface area contributed by atoms with Gasteiger partial charge in [0.05, 0.1) is 11.1 Å². The second kappa shape index (κ2) is 10.6. The van der Waals surface area contributed by atoms with Crippen molar-refractivity contribution in [3.63, 3.8) is 0 Å². The van der Waals surface area contributed by atoms with Gasteiger partial charge in [0.2, 0.25) is 0 Å². The highest BCUT2D eigenvalue weighted by Gasteiger charge is 2.18. The predicted molar refractivity (Wildman–Crippen MR) is 157 cm³/mol. The molecule has 0 aliphatic carbocycles. The number of benzene rings is 3. The van der Waals surface area contributed by atoms with Crippen molar-refractivity contribution >= 4 is 11.9 Å². The monoisotopic (exact) mass is 528 g/mol. The number of nitrogens with zero attached hydrogens (tertiary/aromatic N) is 2. The molecule has 6 nitrogen and oxygen atoms in total. The van der Waals surface area contributed by atoms with Crippen LogP contribution < -0.4 is 0 Å². The minimum absolute atomic E-state index is 0.219. The SMILES string of the molecule is Cc1cc(-c2cc(-c3ccc(C(=O)O)cc3)c(-c3cc(C)nc(C)c3)cc2-c2ccc(C(=O)O)cc2)cc(C)n1. The van der Waals surface area contributed by atoms with Crippen molar-refractivity contribution in [2.24, 2.45) is 0 Å². The van der Waals surface area contributed by atoms with Crippen LogP contribution in [0.2, 0.25) is 0 Å². The lowest BCUT2D eigenvalue weighted by molar-refractivity contribution is 0.0686. The molecule has 3 aromatic carbocycles. The lowest BCUT2D eigenvalue weighted by Gasteiger charge is -2.19. The molecular weight excluding hydrogens is 500 g/mol. The summed E-state index contributed by atoms with van der Waals surface area (Å²) in [5.74, 6) is -1.95. The molecule has 0 bridgehead atoms. The predicted octanol–water partition coefficient (Wildman–Crippen LogP) is 7.77. The fraction of sp³-hybridized carbons (Fsp3) is 0.118. The Morgan fingerprint density at radius 3 is 1.00 bits per heavy atom. The van der Waals surface area contributed by atoms with Gasteiger partial charge in [-0.3, -0.25) is 9.97 Å². The van der Waals surface area contributed by atoms with Crippen molar-refractivity contribution in [3.05, 3.63) is 119 Å². The molecule has 0 aliphatic rings. The first-order valence-corrected chi connectivity index (χ1v) is 12.9. The maximum atomic E-state index is 11.5. The van der Waals surface area contributed by atoms with Crippen molar-refractivity contribution in [2.45, 2.75) is 27.7 Å². The minimum atomic E-state index is -0.976. The Hall–Kier alpha value is -5.10. The van der Waals surface area contributed by atoms with Gasteiger partial charge in [-0.05, 0) is 133 Å². The molecule has 6 heteroatoms. The molecule has 0 spiro atoms. The zero-order valence-corrected chi connectivity index (χ0v) is 22.7. The van der Waals surface area contributed by atoms with Crippen LogP contribution in [-0.4, -0.2) is 32.1 Å². The molecule has 0 saturated carbocycles. The first-order valence-electron chi connectivity index (χ1n) is 12.9. The highest BCUT2D eigenvalue weighted by atomic mass is 16.4. The van der Waals surface area contributed by atoms with Gasteiger partial charge in [0.15, 0.2) is 0 Å². The van der Waals surface area contributed by atoms with Crippen LogP contribution in [0, 0.1) is 27.7 Å². The van der Waals surface area contributed by atoms with Gasteiger partial charge in [-0.25, -0.2) is 9.59 Å². The average molecular weight is 529 g/mol. The number of carboxylic acids is 2. The molecule has 0 fully saturated rings. The summed E-state index contributed by atoms with van der Waals surface area (Å²) in [5.41, 5.74) is 11.5. The van der Waals surface area contributed by atoms with Crippen LogP contribution in [0.15, 0.2) is 84.9 Å². The Kier molecular flexibility index (Phi) is 7.01. The van der Waals surface area contributed by atoms with E-state index in [2.05, 4.69) is 22.1 Å². The zero-order chi connectivity index (χ0) is 28.6. The van der Waals surface area contributed by atoms with E-state index in [4.69, 9.17) is 0 Å². The zero-order valence-electron chi connectivity index (χ0n) is 22.7. The Morgan fingerprint density at radius 2 is 0.725 bits per heavy atom. The summed E-state index contributed by atoms with van der Waals surface area (Å²) >= 11 is 0. The Balaban J connectivity index is 1.86. The van der Waals surface area contributed by atoms with Crippen molar-refractivity contribution in [1.29, 1.82) is 0 Å². The molecule has 0 amide bonds. The van der Waals surface area contributed by atoms with Gasteiger partial charge in [0.1, 0.15) is 0 Å². The second-order valence-corrected chi connectivity index (χ2v) is 9.99. The van der Waals surface area contributed by atoms with Gasteiger partial charge in [0, 0.05) is 22.8 Å². The quantitative estimate of drug-likeness (QED) is 0.233. The third-order valence-electron chi connectivity index (χ3n) is 6.83. The van der Waals surface area contributed by atoms with Crippen LogP contribution in [0.4, 0.5) is 0 Å². The van der Waals surface area contributed by atoms with Crippen LogP contribution in [0.5, 0.6) is 0 Å². The number of hydrogen-bond donors (Lipinski definition) is 2. The Morgan fingerprint density at radius 1 is 0.450 bits per heavy atom. The first kappa shape index (κ1) is 26.5. The van der Waals surface area contributed by atoms with Gasteiger partial charge < -0.3 is 10.2 Å². The topological polar surface area (TPSA) is 100 Å². The third kappa shape index (κ3) is 5.38. The second-order valence-electron chi connectivity index (χ2n) is 9.99. The standard InChI is InChI=1S/C34H28N2O4/c1-19-13-27(14-20(2)35-19)31-17-30(24-7-11-26(12-8-24)34(39)40)32(28-15-21(3)36-22(4)16-28)18-29(31)23-5-9-25(10-6-23)33(37)38/h5-18H,1-4H3,(H,37,38)(H,39,40). The fourth-order valence-electron chi connectivity index (χ4n) is 5.12. The lowest BCUT2D eigenvalue weighted by Crippen LogP contribution is -1.98. The van der Waals surface area contributed by atoms with E-state index >= 15 is 0 Å². The summed E-state index contributed by atoms with van der Waals surface area (Å²) in [5, 5.41) is 18.9. The fourth-order valence-corrected chi connectivity index (χ4v) is 5.12. The van der Waals surface area contributed by atoms with Gasteiger partial charge in [-0.15, -0.1) is 0 Å². The average Bonchev–Trinajstić information content (AvgIpc) is 2.91. The maximum absolute atomic E-state index is 11.5. The normalized spacial score (nSPS) is 10.9. The van der Waals surface area contributed by atoms with Crippen molar-refractivity contribution in [1.82, 2.24) is 9.97 Å². The molecule has 0 saturated heterocycles. The number of hydrogen-bond acceptors (Lipinski definition) is 4. The van der Waals surface area contributed by atoms with E-state index in [-0.39, 0.29) is 11.1 Å². The number of carboxylic acid groups (broad SMARTS) is 2. The van der Waals surface area contributed by atoms with Gasteiger partial charge >= 0.3 is 11.9 Å². The first-order chi connectivity index (χ1) is 19.1. The van der Waals surface area contributed by atoms with Crippen LogP contribution in [-0.2, 0) is 0 Å². The van der Waals surface area contributed by atoms with Crippen LogP contribution in [0.1, 0.15) is 43.5 Å². The number of pyridine rings is 2. The minimum Gasteiger partial charge on any atom is -0.478 e. The molecular formula is C34H28N2O4. The highest BCUT2D eigenvalue weighted by Crippen LogP contribution is 2.42. The summed E-state index contributed by atoms with van der Waals surface area (Å²) in [6, 6.07) is 26.2. The number of aromatic carboxylic acids is 2. The number of carbonyl (C=O) groups is 2. The van der Waals surface area contributed by atoms with E-state index in [0.717, 1.165) is 67.3 Å². The van der Waals surface area contributed by atoms with E-state index in [1.54, 1.807) is 24.3 Å². The van der Waals surface area contributed by atoms with Crippen molar-refractivity contribution in [3.8, 4) is 44.5 Å². The van der Waals surface area contributed by atoms with Gasteiger partial charge in [-0.2, -0.15) is 0 Å². The van der Waals surface area contributed by atoms with E-state index in [1.165, 1.54) is 0 Å². The molecule has 2 aromatic heterocycles. The summed E-state index contributed by atoms with van der Waals surface area (Å²) in [7, 11) is 0. The lowest BCUT2D eigenvalue weighted by atomic mass is 9.85. The van der Waals surface area contributed by atoms with Crippen LogP contribution in [0.25, 0.3) is 44.5 Å². The van der Waals surface area contributed by atoms with E-state index in [1.807, 2.05) is 76.2 Å². The Labute approximate surface area is 232 Å². The highest BCUT2D eigenvalue weighted by molar-refractivity contribution is 5.97. The molecule has 0 unspecified atom stereocenters. The van der Waals surface area contributed by atoms with Gasteiger partial charge in [0.25, 0.3) is 0 Å². The summed E-state index contributed by atoms with van der Waals surface area (Å²) < 4.78 is 0. The largest absolute Gasteiger partial charge is 0.478 e. The number of aryl methyl sites for hydroxylation is 4. The van der Waals surface area contributed by atoms with Crippen molar-refractivity contribution in [2.75, 3.05) is 0 Å². The van der Waals surface area contributed by atoms with Crippen molar-refractivity contribution < 1.29 is 19.8 Å². The summed E-state index contributed by atoms with van der Waals surface area (Å²) in [4.78, 5) is 32.2. The Bertz CT molecular complexity index is 1600. The van der Waals surface area contributed by atoms with E-state index in [9.17, 15) is 19.8 Å². The molecule has 2 N–H and O–H groups in total. The molecule has 5 rings (SSSR count). The maximum Gasteiger partial charge on any atom is 0.335 e. The van der Waals surface area contributed by atoms with Crippen LogP contribution in [0.3, 0.4) is 0 Å². The molecule has 0 atom stereocenters. The molecule has 2 heterocycles. The van der Waals surface area contributed by atoms with Crippen LogP contribution >= 0.6 is 0 Å². The molecule has 5 aromatic rings. The molecule has 0 aliphatic heterocycles. The molecule has 0 radical (unpaired) electrons.